The number of amides is 1. The van der Waals surface area contributed by atoms with Gasteiger partial charge in [0.2, 0.25) is 0 Å². The van der Waals surface area contributed by atoms with Gasteiger partial charge in [0, 0.05) is 13.1 Å². The molecular formula is C18H28N2O4. The van der Waals surface area contributed by atoms with Gasteiger partial charge in [0.1, 0.15) is 5.75 Å². The van der Waals surface area contributed by atoms with E-state index in [1.165, 1.54) is 7.11 Å². The monoisotopic (exact) mass is 336 g/mol. The van der Waals surface area contributed by atoms with Crippen molar-refractivity contribution in [1.82, 2.24) is 9.80 Å². The number of carbonyl (C=O) groups excluding carboxylic acids is 2. The zero-order valence-corrected chi connectivity index (χ0v) is 15.2. The van der Waals surface area contributed by atoms with E-state index in [4.69, 9.17) is 9.47 Å². The van der Waals surface area contributed by atoms with E-state index in [9.17, 15) is 9.59 Å². The van der Waals surface area contributed by atoms with Crippen LogP contribution in [-0.2, 0) is 9.53 Å². The van der Waals surface area contributed by atoms with Gasteiger partial charge < -0.3 is 19.3 Å². The van der Waals surface area contributed by atoms with Crippen molar-refractivity contribution in [2.75, 3.05) is 47.9 Å². The quantitative estimate of drug-likeness (QED) is 0.645. The second-order valence-corrected chi connectivity index (χ2v) is 6.03. The molecule has 1 aromatic rings. The third-order valence-corrected chi connectivity index (χ3v) is 3.76. The Morgan fingerprint density at radius 2 is 1.79 bits per heavy atom. The normalized spacial score (nSPS) is 11.9. The molecule has 6 nitrogen and oxygen atoms in total. The van der Waals surface area contributed by atoms with Gasteiger partial charge >= 0.3 is 5.97 Å². The summed E-state index contributed by atoms with van der Waals surface area (Å²) in [5.74, 6) is -0.304. The summed E-state index contributed by atoms with van der Waals surface area (Å²) in [7, 11) is 6.88. The van der Waals surface area contributed by atoms with E-state index in [0.29, 0.717) is 24.4 Å². The lowest BCUT2D eigenvalue weighted by Crippen LogP contribution is -2.39. The number of benzene rings is 1. The Labute approximate surface area is 144 Å². The van der Waals surface area contributed by atoms with Crippen LogP contribution in [0.4, 0.5) is 0 Å². The molecule has 134 valence electrons. The van der Waals surface area contributed by atoms with Gasteiger partial charge in [0.05, 0.1) is 25.7 Å². The molecule has 24 heavy (non-hydrogen) atoms. The smallest absolute Gasteiger partial charge is 0.310 e. The highest BCUT2D eigenvalue weighted by molar-refractivity contribution is 5.97. The van der Waals surface area contributed by atoms with Crippen LogP contribution in [0, 0.1) is 5.92 Å². The standard InChI is InChI=1S/C18H28N2O4/c1-14(18(22)24-5)13-20(12-8-11-19(2)3)17(21)15-9-6-7-10-16(15)23-4/h6-7,9-10,14H,8,11-13H2,1-5H3. The maximum absolute atomic E-state index is 12.9. The number of esters is 1. The summed E-state index contributed by atoms with van der Waals surface area (Å²) in [6, 6.07) is 7.12. The summed E-state index contributed by atoms with van der Waals surface area (Å²) in [5.41, 5.74) is 0.502. The molecule has 1 atom stereocenters. The van der Waals surface area contributed by atoms with Gasteiger partial charge in [0.25, 0.3) is 5.91 Å². The van der Waals surface area contributed by atoms with Crippen LogP contribution in [0.5, 0.6) is 5.75 Å². The predicted octanol–water partition coefficient (Wildman–Crippen LogP) is 1.90. The van der Waals surface area contributed by atoms with Crippen LogP contribution in [0.3, 0.4) is 0 Å². The molecule has 0 N–H and O–H groups in total. The highest BCUT2D eigenvalue weighted by Gasteiger charge is 2.24. The lowest BCUT2D eigenvalue weighted by atomic mass is 10.1. The van der Waals surface area contributed by atoms with Crippen LogP contribution in [0.25, 0.3) is 0 Å². The summed E-state index contributed by atoms with van der Waals surface area (Å²) >= 11 is 0. The van der Waals surface area contributed by atoms with Crippen molar-refractivity contribution in [2.24, 2.45) is 5.92 Å². The van der Waals surface area contributed by atoms with Crippen LogP contribution >= 0.6 is 0 Å². The van der Waals surface area contributed by atoms with Gasteiger partial charge in [-0.25, -0.2) is 0 Å². The average Bonchev–Trinajstić information content (AvgIpc) is 2.58. The lowest BCUT2D eigenvalue weighted by molar-refractivity contribution is -0.145. The van der Waals surface area contributed by atoms with E-state index in [-0.39, 0.29) is 17.8 Å². The fourth-order valence-electron chi connectivity index (χ4n) is 2.45. The molecule has 0 aliphatic carbocycles. The molecule has 0 radical (unpaired) electrons. The van der Waals surface area contributed by atoms with Crippen molar-refractivity contribution in [1.29, 1.82) is 0 Å². The molecule has 6 heteroatoms. The van der Waals surface area contributed by atoms with Gasteiger partial charge in [-0.2, -0.15) is 0 Å². The first-order chi connectivity index (χ1) is 11.4. The van der Waals surface area contributed by atoms with Crippen LogP contribution < -0.4 is 4.74 Å². The van der Waals surface area contributed by atoms with E-state index in [1.807, 2.05) is 20.2 Å². The lowest BCUT2D eigenvalue weighted by Gasteiger charge is -2.26. The first-order valence-corrected chi connectivity index (χ1v) is 8.05. The summed E-state index contributed by atoms with van der Waals surface area (Å²) in [5, 5.41) is 0. The molecular weight excluding hydrogens is 308 g/mol. The van der Waals surface area contributed by atoms with E-state index in [2.05, 4.69) is 4.90 Å². The Kier molecular flexibility index (Phi) is 8.26. The van der Waals surface area contributed by atoms with Crippen molar-refractivity contribution >= 4 is 11.9 Å². The Bertz CT molecular complexity index is 546. The number of nitrogens with zero attached hydrogens (tertiary/aromatic N) is 2. The molecule has 1 unspecified atom stereocenters. The number of ether oxygens (including phenoxy) is 2. The Morgan fingerprint density at radius 3 is 2.38 bits per heavy atom. The number of rotatable bonds is 9. The number of hydrogen-bond donors (Lipinski definition) is 0. The maximum Gasteiger partial charge on any atom is 0.310 e. The van der Waals surface area contributed by atoms with Crippen LogP contribution in [0.1, 0.15) is 23.7 Å². The molecule has 1 rings (SSSR count). The summed E-state index contributed by atoms with van der Waals surface area (Å²) < 4.78 is 10.1. The van der Waals surface area contributed by atoms with Gasteiger partial charge in [-0.1, -0.05) is 19.1 Å². The molecule has 1 aromatic carbocycles. The molecule has 0 heterocycles. The molecule has 0 saturated heterocycles. The predicted molar refractivity (Wildman–Crippen MR) is 93.2 cm³/mol. The minimum atomic E-state index is -0.381. The summed E-state index contributed by atoms with van der Waals surface area (Å²) in [6.45, 7) is 3.51. The second kappa shape index (κ2) is 9.93. The topological polar surface area (TPSA) is 59.1 Å². The number of carbonyl (C=O) groups is 2. The second-order valence-electron chi connectivity index (χ2n) is 6.03. The molecule has 0 bridgehead atoms. The van der Waals surface area contributed by atoms with Crippen molar-refractivity contribution in [3.63, 3.8) is 0 Å². The summed E-state index contributed by atoms with van der Waals surface area (Å²) in [6.07, 6.45) is 0.821. The van der Waals surface area contributed by atoms with Crippen molar-refractivity contribution in [3.05, 3.63) is 29.8 Å². The number of para-hydroxylation sites is 1. The van der Waals surface area contributed by atoms with Crippen LogP contribution in [0.2, 0.25) is 0 Å². The van der Waals surface area contributed by atoms with Crippen LogP contribution in [0.15, 0.2) is 24.3 Å². The zero-order valence-electron chi connectivity index (χ0n) is 15.2. The Balaban J connectivity index is 2.93. The van der Waals surface area contributed by atoms with Gasteiger partial charge in [-0.15, -0.1) is 0 Å². The van der Waals surface area contributed by atoms with E-state index < -0.39 is 0 Å². The minimum Gasteiger partial charge on any atom is -0.496 e. The van der Waals surface area contributed by atoms with Crippen molar-refractivity contribution < 1.29 is 19.1 Å². The van der Waals surface area contributed by atoms with E-state index in [1.54, 1.807) is 37.1 Å². The SMILES string of the molecule is COC(=O)C(C)CN(CCCN(C)C)C(=O)c1ccccc1OC. The Hall–Kier alpha value is -2.08. The largest absolute Gasteiger partial charge is 0.496 e. The zero-order chi connectivity index (χ0) is 18.1. The first kappa shape index (κ1) is 20.0. The highest BCUT2D eigenvalue weighted by atomic mass is 16.5. The van der Waals surface area contributed by atoms with Crippen molar-refractivity contribution in [2.45, 2.75) is 13.3 Å². The molecule has 0 spiro atoms. The molecule has 1 amide bonds. The average molecular weight is 336 g/mol. The molecule has 0 saturated carbocycles. The van der Waals surface area contributed by atoms with E-state index in [0.717, 1.165) is 13.0 Å². The fraction of sp³-hybridized carbons (Fsp3) is 0.556. The molecule has 0 fully saturated rings. The van der Waals surface area contributed by atoms with E-state index >= 15 is 0 Å². The first-order valence-electron chi connectivity index (χ1n) is 8.05. The summed E-state index contributed by atoms with van der Waals surface area (Å²) in [4.78, 5) is 28.4. The van der Waals surface area contributed by atoms with Gasteiger partial charge in [0.15, 0.2) is 0 Å². The highest BCUT2D eigenvalue weighted by Crippen LogP contribution is 2.20. The van der Waals surface area contributed by atoms with Gasteiger partial charge in [-0.05, 0) is 39.2 Å². The third kappa shape index (κ3) is 5.85. The number of hydrogen-bond acceptors (Lipinski definition) is 5. The maximum atomic E-state index is 12.9. The minimum absolute atomic E-state index is 0.137. The van der Waals surface area contributed by atoms with Gasteiger partial charge in [-0.3, -0.25) is 9.59 Å². The third-order valence-electron chi connectivity index (χ3n) is 3.76. The fourth-order valence-corrected chi connectivity index (χ4v) is 2.45. The molecule has 0 aliphatic rings. The Morgan fingerprint density at radius 1 is 1.12 bits per heavy atom. The molecule has 0 aliphatic heterocycles. The molecule has 0 aromatic heterocycles. The van der Waals surface area contributed by atoms with Crippen LogP contribution in [-0.4, -0.2) is 69.6 Å². The van der Waals surface area contributed by atoms with Crippen molar-refractivity contribution in [3.8, 4) is 5.75 Å². The number of methoxy groups -OCH3 is 2.